The highest BCUT2D eigenvalue weighted by molar-refractivity contribution is 7.99. The minimum absolute atomic E-state index is 0.0424. The largest absolute Gasteiger partial charge is 0.491 e. The first kappa shape index (κ1) is 20.6. The molecular formula is C19H20F4O2S. The molecule has 142 valence electrons. The monoisotopic (exact) mass is 388 g/mol. The molecule has 1 atom stereocenters. The number of aryl methyl sites for hydroxylation is 1. The van der Waals surface area contributed by atoms with E-state index < -0.39 is 17.6 Å². The zero-order valence-electron chi connectivity index (χ0n) is 14.5. The van der Waals surface area contributed by atoms with Crippen molar-refractivity contribution in [3.8, 4) is 5.75 Å². The molecule has 0 aliphatic carbocycles. The summed E-state index contributed by atoms with van der Waals surface area (Å²) in [4.78, 5) is 1.09. The van der Waals surface area contributed by atoms with E-state index in [1.807, 2.05) is 32.0 Å². The zero-order valence-corrected chi connectivity index (χ0v) is 15.3. The molecule has 2 aromatic carbocycles. The van der Waals surface area contributed by atoms with E-state index >= 15 is 0 Å². The van der Waals surface area contributed by atoms with Gasteiger partial charge in [0.2, 0.25) is 0 Å². The van der Waals surface area contributed by atoms with Crippen LogP contribution < -0.4 is 4.74 Å². The third-order valence-corrected chi connectivity index (χ3v) is 4.64. The quantitative estimate of drug-likeness (QED) is 0.425. The highest BCUT2D eigenvalue weighted by Gasteiger charge is 2.34. The Hall–Kier alpha value is -1.73. The van der Waals surface area contributed by atoms with Crippen LogP contribution in [0.3, 0.4) is 0 Å². The molecule has 26 heavy (non-hydrogen) atoms. The van der Waals surface area contributed by atoms with Gasteiger partial charge in [-0.1, -0.05) is 17.7 Å². The molecule has 0 fully saturated rings. The minimum Gasteiger partial charge on any atom is -0.491 e. The molecule has 0 amide bonds. The molecule has 0 N–H and O–H groups in total. The number of ether oxygens (including phenoxy) is 2. The molecule has 0 radical (unpaired) electrons. The summed E-state index contributed by atoms with van der Waals surface area (Å²) in [6.07, 6.45) is -4.99. The van der Waals surface area contributed by atoms with Gasteiger partial charge in [0.05, 0.1) is 5.56 Å². The van der Waals surface area contributed by atoms with Crippen molar-refractivity contribution in [3.63, 3.8) is 0 Å². The van der Waals surface area contributed by atoms with E-state index in [-0.39, 0.29) is 18.5 Å². The lowest BCUT2D eigenvalue weighted by Gasteiger charge is -2.18. The van der Waals surface area contributed by atoms with Crippen LogP contribution in [0.2, 0.25) is 0 Å². The summed E-state index contributed by atoms with van der Waals surface area (Å²) in [6.45, 7) is 4.45. The highest BCUT2D eigenvalue weighted by Crippen LogP contribution is 2.33. The van der Waals surface area contributed by atoms with Crippen molar-refractivity contribution < 1.29 is 27.0 Å². The Balaban J connectivity index is 1.94. The third kappa shape index (κ3) is 6.21. The Morgan fingerprint density at radius 2 is 1.88 bits per heavy atom. The van der Waals surface area contributed by atoms with E-state index in [1.54, 1.807) is 11.8 Å². The fraction of sp³-hybridized carbons (Fsp3) is 0.368. The molecular weight excluding hydrogens is 368 g/mol. The average Bonchev–Trinajstić information content (AvgIpc) is 2.56. The Kier molecular flexibility index (Phi) is 7.34. The molecule has 0 saturated carbocycles. The predicted molar refractivity (Wildman–Crippen MR) is 94.2 cm³/mol. The van der Waals surface area contributed by atoms with Crippen molar-refractivity contribution in [3.05, 3.63) is 59.4 Å². The molecule has 2 aromatic rings. The van der Waals surface area contributed by atoms with Gasteiger partial charge in [-0.05, 0) is 38.1 Å². The van der Waals surface area contributed by atoms with Gasteiger partial charge in [-0.25, -0.2) is 4.39 Å². The van der Waals surface area contributed by atoms with Crippen LogP contribution in [0.15, 0.2) is 47.4 Å². The fourth-order valence-electron chi connectivity index (χ4n) is 2.28. The lowest BCUT2D eigenvalue weighted by molar-refractivity contribution is -0.140. The maximum Gasteiger partial charge on any atom is 0.419 e. The molecule has 0 spiro atoms. The second kappa shape index (κ2) is 9.28. The van der Waals surface area contributed by atoms with Crippen LogP contribution in [0.25, 0.3) is 0 Å². The molecule has 7 heteroatoms. The minimum atomic E-state index is -4.72. The Morgan fingerprint density at radius 1 is 1.12 bits per heavy atom. The van der Waals surface area contributed by atoms with Gasteiger partial charge in [0.25, 0.3) is 0 Å². The van der Waals surface area contributed by atoms with E-state index in [1.165, 1.54) is 0 Å². The molecule has 0 aliphatic rings. The van der Waals surface area contributed by atoms with E-state index in [0.717, 1.165) is 22.6 Å². The first-order chi connectivity index (χ1) is 12.3. The van der Waals surface area contributed by atoms with E-state index in [0.29, 0.717) is 18.4 Å². The molecule has 0 bridgehead atoms. The van der Waals surface area contributed by atoms with Crippen LogP contribution in [0.5, 0.6) is 5.75 Å². The van der Waals surface area contributed by atoms with Crippen molar-refractivity contribution in [2.45, 2.75) is 31.0 Å². The normalized spacial score (nSPS) is 12.8. The predicted octanol–water partition coefficient (Wildman–Crippen LogP) is 5.73. The molecule has 0 heterocycles. The SMILES string of the molecule is CCOC(COc1ccc(C(F)(F)F)c(F)c1)CSc1cccc(C)c1. The lowest BCUT2D eigenvalue weighted by Crippen LogP contribution is -2.24. The smallest absolute Gasteiger partial charge is 0.419 e. The Bertz CT molecular complexity index is 719. The number of rotatable bonds is 8. The third-order valence-electron chi connectivity index (χ3n) is 3.51. The molecule has 0 aliphatic heterocycles. The summed E-state index contributed by atoms with van der Waals surface area (Å²) in [7, 11) is 0. The number of alkyl halides is 3. The van der Waals surface area contributed by atoms with Gasteiger partial charge in [0, 0.05) is 23.3 Å². The maximum atomic E-state index is 13.6. The van der Waals surface area contributed by atoms with E-state index in [9.17, 15) is 17.6 Å². The first-order valence-electron chi connectivity index (χ1n) is 8.10. The van der Waals surface area contributed by atoms with E-state index in [4.69, 9.17) is 9.47 Å². The second-order valence-electron chi connectivity index (χ2n) is 5.66. The summed E-state index contributed by atoms with van der Waals surface area (Å²) < 4.78 is 62.4. The van der Waals surface area contributed by atoms with Crippen molar-refractivity contribution in [2.75, 3.05) is 19.0 Å². The van der Waals surface area contributed by atoms with Crippen LogP contribution in [0.4, 0.5) is 17.6 Å². The number of benzene rings is 2. The summed E-state index contributed by atoms with van der Waals surface area (Å²) in [5.74, 6) is -0.696. The molecule has 2 nitrogen and oxygen atoms in total. The Morgan fingerprint density at radius 3 is 2.50 bits per heavy atom. The zero-order chi connectivity index (χ0) is 19.2. The maximum absolute atomic E-state index is 13.6. The van der Waals surface area contributed by atoms with Gasteiger partial charge >= 0.3 is 6.18 Å². The van der Waals surface area contributed by atoms with Crippen molar-refractivity contribution in [1.29, 1.82) is 0 Å². The van der Waals surface area contributed by atoms with Gasteiger partial charge in [-0.3, -0.25) is 0 Å². The Labute approximate surface area is 154 Å². The average molecular weight is 388 g/mol. The molecule has 1 unspecified atom stereocenters. The molecule has 0 aromatic heterocycles. The second-order valence-corrected chi connectivity index (χ2v) is 6.75. The van der Waals surface area contributed by atoms with Gasteiger partial charge in [-0.2, -0.15) is 13.2 Å². The van der Waals surface area contributed by atoms with E-state index in [2.05, 4.69) is 6.07 Å². The van der Waals surface area contributed by atoms with Crippen molar-refractivity contribution in [2.24, 2.45) is 0 Å². The standard InChI is InChI=1S/C19H20F4O2S/c1-3-24-15(12-26-16-6-4-5-13(2)9-16)11-25-14-7-8-17(18(20)10-14)19(21,22)23/h4-10,15H,3,11-12H2,1-2H3. The van der Waals surface area contributed by atoms with Gasteiger partial charge in [0.1, 0.15) is 24.3 Å². The lowest BCUT2D eigenvalue weighted by atomic mass is 10.2. The molecule has 0 saturated heterocycles. The van der Waals surface area contributed by atoms with Gasteiger partial charge < -0.3 is 9.47 Å². The van der Waals surface area contributed by atoms with Crippen LogP contribution in [0, 0.1) is 12.7 Å². The number of hydrogen-bond acceptors (Lipinski definition) is 3. The number of halogens is 4. The van der Waals surface area contributed by atoms with Crippen LogP contribution in [-0.2, 0) is 10.9 Å². The molecule has 2 rings (SSSR count). The topological polar surface area (TPSA) is 18.5 Å². The summed E-state index contributed by atoms with van der Waals surface area (Å²) in [5, 5.41) is 0. The fourth-order valence-corrected chi connectivity index (χ4v) is 3.29. The summed E-state index contributed by atoms with van der Waals surface area (Å²) in [6, 6.07) is 10.6. The van der Waals surface area contributed by atoms with Gasteiger partial charge in [0.15, 0.2) is 0 Å². The summed E-state index contributed by atoms with van der Waals surface area (Å²) in [5.41, 5.74) is -0.152. The highest BCUT2D eigenvalue weighted by atomic mass is 32.2. The van der Waals surface area contributed by atoms with Crippen LogP contribution >= 0.6 is 11.8 Å². The summed E-state index contributed by atoms with van der Waals surface area (Å²) >= 11 is 1.60. The first-order valence-corrected chi connectivity index (χ1v) is 9.08. The van der Waals surface area contributed by atoms with Crippen LogP contribution in [-0.4, -0.2) is 25.1 Å². The number of hydrogen-bond donors (Lipinski definition) is 0. The van der Waals surface area contributed by atoms with Crippen molar-refractivity contribution in [1.82, 2.24) is 0 Å². The number of thioether (sulfide) groups is 1. The van der Waals surface area contributed by atoms with Crippen molar-refractivity contribution >= 4 is 11.8 Å². The van der Waals surface area contributed by atoms with Crippen LogP contribution in [0.1, 0.15) is 18.1 Å². The van der Waals surface area contributed by atoms with Gasteiger partial charge in [-0.15, -0.1) is 11.8 Å².